The molecule has 1 saturated heterocycles. The zero-order valence-corrected chi connectivity index (χ0v) is 16.2. The summed E-state index contributed by atoms with van der Waals surface area (Å²) in [6.07, 6.45) is -0.199. The number of nitrogens with zero attached hydrogens (tertiary/aromatic N) is 3. The molecule has 0 aromatic heterocycles. The van der Waals surface area contributed by atoms with Crippen molar-refractivity contribution in [3.63, 3.8) is 0 Å². The number of nitrogens with one attached hydrogen (secondary N) is 1. The second-order valence-electron chi connectivity index (χ2n) is 6.99. The standard InChI is InChI=1S/C21H25FN4O2/c1-24(2)17-9-7-16(8-10-17)23-20(27)15-21(28)26-13-11-25(12-14-26)19-6-4-3-5-18(19)22/h3-10H,11-15H2,1-2H3,(H,23,27). The Labute approximate surface area is 164 Å². The third kappa shape index (κ3) is 4.79. The third-order valence-electron chi connectivity index (χ3n) is 4.80. The molecule has 0 saturated carbocycles. The van der Waals surface area contributed by atoms with Crippen molar-refractivity contribution in [2.75, 3.05) is 55.4 Å². The highest BCUT2D eigenvalue weighted by atomic mass is 19.1. The fourth-order valence-corrected chi connectivity index (χ4v) is 3.20. The minimum absolute atomic E-state index is 0.199. The van der Waals surface area contributed by atoms with E-state index in [9.17, 15) is 14.0 Å². The Balaban J connectivity index is 1.48. The van der Waals surface area contributed by atoms with Crippen molar-refractivity contribution < 1.29 is 14.0 Å². The lowest BCUT2D eigenvalue weighted by Crippen LogP contribution is -2.49. The molecule has 1 aliphatic rings. The Morgan fingerprint density at radius 3 is 2.25 bits per heavy atom. The number of carbonyl (C=O) groups excluding carboxylic acids is 2. The number of anilines is 3. The Bertz CT molecular complexity index is 831. The predicted octanol–water partition coefficient (Wildman–Crippen LogP) is 2.57. The number of rotatable bonds is 5. The molecular formula is C21H25FN4O2. The summed E-state index contributed by atoms with van der Waals surface area (Å²) >= 11 is 0. The molecule has 0 atom stereocenters. The molecule has 1 aliphatic heterocycles. The first-order valence-electron chi connectivity index (χ1n) is 9.28. The molecule has 0 aliphatic carbocycles. The van der Waals surface area contributed by atoms with Crippen LogP contribution in [-0.4, -0.2) is 57.0 Å². The van der Waals surface area contributed by atoms with E-state index in [1.165, 1.54) is 6.07 Å². The van der Waals surface area contributed by atoms with Gasteiger partial charge in [0.2, 0.25) is 11.8 Å². The number of hydrogen-bond donors (Lipinski definition) is 1. The summed E-state index contributed by atoms with van der Waals surface area (Å²) in [5.41, 5.74) is 2.24. The summed E-state index contributed by atoms with van der Waals surface area (Å²) in [7, 11) is 3.89. The van der Waals surface area contributed by atoms with Crippen LogP contribution in [0.4, 0.5) is 21.5 Å². The highest BCUT2D eigenvalue weighted by Crippen LogP contribution is 2.20. The van der Waals surface area contributed by atoms with Gasteiger partial charge in [0.15, 0.2) is 0 Å². The van der Waals surface area contributed by atoms with Gasteiger partial charge in [0, 0.05) is 51.6 Å². The summed E-state index contributed by atoms with van der Waals surface area (Å²) in [6, 6.07) is 14.1. The van der Waals surface area contributed by atoms with Crippen molar-refractivity contribution in [2.45, 2.75) is 6.42 Å². The van der Waals surface area contributed by atoms with Crippen LogP contribution < -0.4 is 15.1 Å². The molecule has 1 heterocycles. The van der Waals surface area contributed by atoms with Gasteiger partial charge >= 0.3 is 0 Å². The smallest absolute Gasteiger partial charge is 0.233 e. The second kappa shape index (κ2) is 8.73. The number of carbonyl (C=O) groups is 2. The summed E-state index contributed by atoms with van der Waals surface area (Å²) < 4.78 is 13.9. The van der Waals surface area contributed by atoms with Gasteiger partial charge in [-0.3, -0.25) is 9.59 Å². The van der Waals surface area contributed by atoms with E-state index >= 15 is 0 Å². The number of para-hydroxylation sites is 1. The number of halogens is 1. The monoisotopic (exact) mass is 384 g/mol. The lowest BCUT2D eigenvalue weighted by molar-refractivity contribution is -0.134. The number of piperazine rings is 1. The maximum absolute atomic E-state index is 13.9. The minimum atomic E-state index is -0.334. The van der Waals surface area contributed by atoms with E-state index < -0.39 is 0 Å². The molecular weight excluding hydrogens is 359 g/mol. The van der Waals surface area contributed by atoms with E-state index in [0.29, 0.717) is 37.6 Å². The van der Waals surface area contributed by atoms with E-state index in [2.05, 4.69) is 5.32 Å². The highest BCUT2D eigenvalue weighted by Gasteiger charge is 2.24. The van der Waals surface area contributed by atoms with Crippen molar-refractivity contribution in [2.24, 2.45) is 0 Å². The van der Waals surface area contributed by atoms with E-state index in [4.69, 9.17) is 0 Å². The molecule has 0 unspecified atom stereocenters. The molecule has 2 aromatic rings. The molecule has 1 N–H and O–H groups in total. The van der Waals surface area contributed by atoms with Crippen LogP contribution in [0.25, 0.3) is 0 Å². The quantitative estimate of drug-likeness (QED) is 0.805. The molecule has 7 heteroatoms. The van der Waals surface area contributed by atoms with Gasteiger partial charge < -0.3 is 20.0 Å². The van der Waals surface area contributed by atoms with Crippen molar-refractivity contribution in [3.05, 3.63) is 54.3 Å². The van der Waals surface area contributed by atoms with Crippen molar-refractivity contribution in [1.82, 2.24) is 4.90 Å². The molecule has 28 heavy (non-hydrogen) atoms. The van der Waals surface area contributed by atoms with Gasteiger partial charge in [-0.05, 0) is 36.4 Å². The normalized spacial score (nSPS) is 14.0. The Kier molecular flexibility index (Phi) is 6.13. The number of amides is 2. The van der Waals surface area contributed by atoms with Crippen molar-refractivity contribution in [1.29, 1.82) is 0 Å². The first-order valence-corrected chi connectivity index (χ1v) is 9.28. The third-order valence-corrected chi connectivity index (χ3v) is 4.80. The minimum Gasteiger partial charge on any atom is -0.378 e. The Morgan fingerprint density at radius 1 is 1.00 bits per heavy atom. The SMILES string of the molecule is CN(C)c1ccc(NC(=O)CC(=O)N2CCN(c3ccccc3F)CC2)cc1. The fraction of sp³-hybridized carbons (Fsp3) is 0.333. The molecule has 3 rings (SSSR count). The zero-order valence-electron chi connectivity index (χ0n) is 16.2. The summed E-state index contributed by atoms with van der Waals surface area (Å²) in [6.45, 7) is 2.02. The topological polar surface area (TPSA) is 55.9 Å². The average molecular weight is 384 g/mol. The lowest BCUT2D eigenvalue weighted by Gasteiger charge is -2.36. The van der Waals surface area contributed by atoms with E-state index in [1.54, 1.807) is 23.1 Å². The molecule has 0 radical (unpaired) electrons. The van der Waals surface area contributed by atoms with Crippen molar-refractivity contribution >= 4 is 28.9 Å². The van der Waals surface area contributed by atoms with Gasteiger partial charge in [0.1, 0.15) is 12.2 Å². The Morgan fingerprint density at radius 2 is 1.64 bits per heavy atom. The molecule has 6 nitrogen and oxygen atoms in total. The van der Waals surface area contributed by atoms with Gasteiger partial charge in [-0.2, -0.15) is 0 Å². The van der Waals surface area contributed by atoms with Crippen LogP contribution in [0.15, 0.2) is 48.5 Å². The maximum atomic E-state index is 13.9. The largest absolute Gasteiger partial charge is 0.378 e. The average Bonchev–Trinajstić information content (AvgIpc) is 2.69. The van der Waals surface area contributed by atoms with Crippen LogP contribution in [0.1, 0.15) is 6.42 Å². The van der Waals surface area contributed by atoms with Crippen LogP contribution in [0.2, 0.25) is 0 Å². The van der Waals surface area contributed by atoms with Crippen LogP contribution in [0.3, 0.4) is 0 Å². The number of hydrogen-bond acceptors (Lipinski definition) is 4. The summed E-state index contributed by atoms with van der Waals surface area (Å²) in [5, 5.41) is 2.76. The molecule has 0 spiro atoms. The molecule has 1 fully saturated rings. The van der Waals surface area contributed by atoms with E-state index in [0.717, 1.165) is 5.69 Å². The van der Waals surface area contributed by atoms with Gasteiger partial charge in [0.05, 0.1) is 5.69 Å². The summed E-state index contributed by atoms with van der Waals surface area (Å²) in [4.78, 5) is 30.2. The van der Waals surface area contributed by atoms with E-state index in [-0.39, 0.29) is 24.1 Å². The van der Waals surface area contributed by atoms with E-state index in [1.807, 2.05) is 48.2 Å². The molecule has 2 aromatic carbocycles. The summed E-state index contributed by atoms with van der Waals surface area (Å²) in [5.74, 6) is -0.809. The molecule has 0 bridgehead atoms. The van der Waals surface area contributed by atoms with Gasteiger partial charge in [-0.15, -0.1) is 0 Å². The van der Waals surface area contributed by atoms with Crippen LogP contribution in [0.5, 0.6) is 0 Å². The fourth-order valence-electron chi connectivity index (χ4n) is 3.20. The maximum Gasteiger partial charge on any atom is 0.233 e. The number of benzene rings is 2. The van der Waals surface area contributed by atoms with Crippen LogP contribution in [0, 0.1) is 5.82 Å². The predicted molar refractivity (Wildman–Crippen MR) is 109 cm³/mol. The van der Waals surface area contributed by atoms with Crippen LogP contribution in [-0.2, 0) is 9.59 Å². The van der Waals surface area contributed by atoms with Crippen LogP contribution >= 0.6 is 0 Å². The first kappa shape index (κ1) is 19.7. The first-order chi connectivity index (χ1) is 13.4. The lowest BCUT2D eigenvalue weighted by atomic mass is 10.2. The van der Waals surface area contributed by atoms with Gasteiger partial charge in [0.25, 0.3) is 0 Å². The molecule has 148 valence electrons. The molecule has 2 amide bonds. The second-order valence-corrected chi connectivity index (χ2v) is 6.99. The van der Waals surface area contributed by atoms with Gasteiger partial charge in [-0.1, -0.05) is 12.1 Å². The van der Waals surface area contributed by atoms with Gasteiger partial charge in [-0.25, -0.2) is 4.39 Å². The van der Waals surface area contributed by atoms with Crippen molar-refractivity contribution in [3.8, 4) is 0 Å². The Hall–Kier alpha value is -3.09. The highest BCUT2D eigenvalue weighted by molar-refractivity contribution is 6.03. The zero-order chi connectivity index (χ0) is 20.1.